The third-order valence-electron chi connectivity index (χ3n) is 5.45. The number of carbonyl (C=O) groups excluding carboxylic acids is 1. The molecule has 0 saturated carbocycles. The average Bonchev–Trinajstić information content (AvgIpc) is 3.02. The smallest absolute Gasteiger partial charge is 0.267 e. The van der Waals surface area contributed by atoms with Crippen molar-refractivity contribution in [3.8, 4) is 0 Å². The van der Waals surface area contributed by atoms with Gasteiger partial charge in [0, 0.05) is 37.3 Å². The molecule has 2 aromatic rings. The molecule has 2 saturated heterocycles. The van der Waals surface area contributed by atoms with Crippen LogP contribution < -0.4 is 10.5 Å². The number of thiocarbonyl (C=S) groups is 1. The van der Waals surface area contributed by atoms with E-state index in [1.165, 1.54) is 11.8 Å². The van der Waals surface area contributed by atoms with Crippen LogP contribution in [0, 0.1) is 12.8 Å². The van der Waals surface area contributed by atoms with Crippen LogP contribution in [0.5, 0.6) is 0 Å². The SMILES string of the molecule is Cc1cccn2c(=O)c(/C=C3/SC(=S)N(CCC(C)C)C3=O)c(N3CCSCC3)nc12. The Morgan fingerprint density at radius 1 is 1.26 bits per heavy atom. The maximum absolute atomic E-state index is 13.5. The van der Waals surface area contributed by atoms with Crippen LogP contribution in [-0.2, 0) is 4.79 Å². The van der Waals surface area contributed by atoms with Crippen molar-refractivity contribution in [3.63, 3.8) is 0 Å². The first kappa shape index (κ1) is 22.4. The van der Waals surface area contributed by atoms with Crippen molar-refractivity contribution in [1.29, 1.82) is 0 Å². The monoisotopic (exact) mass is 474 g/mol. The summed E-state index contributed by atoms with van der Waals surface area (Å²) in [6.45, 7) is 8.46. The minimum atomic E-state index is -0.158. The van der Waals surface area contributed by atoms with E-state index in [9.17, 15) is 9.59 Å². The van der Waals surface area contributed by atoms with E-state index in [0.29, 0.717) is 38.7 Å². The van der Waals surface area contributed by atoms with Crippen LogP contribution in [0.15, 0.2) is 28.0 Å². The molecule has 2 fully saturated rings. The van der Waals surface area contributed by atoms with Crippen LogP contribution in [0.1, 0.15) is 31.4 Å². The van der Waals surface area contributed by atoms with Gasteiger partial charge in [0.25, 0.3) is 11.5 Å². The summed E-state index contributed by atoms with van der Waals surface area (Å²) in [5, 5.41) is 0. The molecule has 1 amide bonds. The topological polar surface area (TPSA) is 57.9 Å². The Hall–Kier alpha value is -1.84. The average molecular weight is 475 g/mol. The van der Waals surface area contributed by atoms with Crippen molar-refractivity contribution < 1.29 is 4.79 Å². The van der Waals surface area contributed by atoms with Gasteiger partial charge in [-0.2, -0.15) is 11.8 Å². The first-order valence-corrected chi connectivity index (χ1v) is 12.8. The molecule has 0 aliphatic carbocycles. The van der Waals surface area contributed by atoms with Crippen molar-refractivity contribution in [2.45, 2.75) is 27.2 Å². The number of aryl methyl sites for hydroxylation is 1. The number of anilines is 1. The second-order valence-electron chi connectivity index (χ2n) is 8.15. The van der Waals surface area contributed by atoms with Crippen LogP contribution >= 0.6 is 35.7 Å². The minimum Gasteiger partial charge on any atom is -0.354 e. The number of hydrogen-bond donors (Lipinski definition) is 0. The summed E-state index contributed by atoms with van der Waals surface area (Å²) in [6, 6.07) is 3.80. The van der Waals surface area contributed by atoms with E-state index in [1.54, 1.807) is 21.6 Å². The zero-order valence-corrected chi connectivity index (χ0v) is 20.4. The fourth-order valence-electron chi connectivity index (χ4n) is 3.65. The number of aromatic nitrogens is 2. The molecule has 2 aliphatic heterocycles. The summed E-state index contributed by atoms with van der Waals surface area (Å²) in [6.07, 6.45) is 4.32. The minimum absolute atomic E-state index is 0.121. The lowest BCUT2D eigenvalue weighted by Gasteiger charge is -2.29. The molecule has 31 heavy (non-hydrogen) atoms. The van der Waals surface area contributed by atoms with Gasteiger partial charge in [0.15, 0.2) is 0 Å². The number of thioether (sulfide) groups is 2. The second-order valence-corrected chi connectivity index (χ2v) is 11.1. The summed E-state index contributed by atoms with van der Waals surface area (Å²) < 4.78 is 2.13. The van der Waals surface area contributed by atoms with Crippen molar-refractivity contribution in [2.24, 2.45) is 5.92 Å². The third-order valence-corrected chi connectivity index (χ3v) is 7.77. The van der Waals surface area contributed by atoms with Crippen LogP contribution in [0.2, 0.25) is 0 Å². The van der Waals surface area contributed by atoms with Crippen LogP contribution in [0.4, 0.5) is 5.82 Å². The highest BCUT2D eigenvalue weighted by Crippen LogP contribution is 2.34. The number of hydrogen-bond acceptors (Lipinski definition) is 7. The predicted molar refractivity (Wildman–Crippen MR) is 135 cm³/mol. The zero-order chi connectivity index (χ0) is 22.1. The number of carbonyl (C=O) groups is 1. The van der Waals surface area contributed by atoms with Crippen LogP contribution in [0.25, 0.3) is 11.7 Å². The van der Waals surface area contributed by atoms with Gasteiger partial charge < -0.3 is 4.90 Å². The van der Waals surface area contributed by atoms with Gasteiger partial charge in [0.2, 0.25) is 0 Å². The fourth-order valence-corrected chi connectivity index (χ4v) is 5.85. The van der Waals surface area contributed by atoms with E-state index in [1.807, 2.05) is 30.8 Å². The quantitative estimate of drug-likeness (QED) is 0.482. The van der Waals surface area contributed by atoms with E-state index < -0.39 is 0 Å². The molecule has 0 atom stereocenters. The summed E-state index contributed by atoms with van der Waals surface area (Å²) in [5.41, 5.74) is 1.90. The molecule has 0 unspecified atom stereocenters. The number of pyridine rings is 1. The van der Waals surface area contributed by atoms with Crippen LogP contribution in [0.3, 0.4) is 0 Å². The molecule has 9 heteroatoms. The second kappa shape index (κ2) is 9.34. The van der Waals surface area contributed by atoms with E-state index in [-0.39, 0.29) is 11.5 Å². The zero-order valence-electron chi connectivity index (χ0n) is 18.0. The van der Waals surface area contributed by atoms with Gasteiger partial charge in [-0.25, -0.2) is 4.98 Å². The predicted octanol–water partition coefficient (Wildman–Crippen LogP) is 3.80. The van der Waals surface area contributed by atoms with E-state index >= 15 is 0 Å². The molecule has 6 nitrogen and oxygen atoms in total. The molecular weight excluding hydrogens is 448 g/mol. The lowest BCUT2D eigenvalue weighted by Crippen LogP contribution is -2.36. The molecule has 0 bridgehead atoms. The Morgan fingerprint density at radius 2 is 2.00 bits per heavy atom. The third kappa shape index (κ3) is 4.54. The van der Waals surface area contributed by atoms with Crippen molar-refractivity contribution in [3.05, 3.63) is 44.7 Å². The van der Waals surface area contributed by atoms with E-state index in [0.717, 1.165) is 36.6 Å². The molecule has 4 rings (SSSR count). The summed E-state index contributed by atoms with van der Waals surface area (Å²) in [5.74, 6) is 3.00. The maximum Gasteiger partial charge on any atom is 0.267 e. The van der Waals surface area contributed by atoms with Gasteiger partial charge >= 0.3 is 0 Å². The Bertz CT molecular complexity index is 1120. The van der Waals surface area contributed by atoms with Crippen molar-refractivity contribution in [2.75, 3.05) is 36.0 Å². The first-order valence-electron chi connectivity index (χ1n) is 10.5. The number of amides is 1. The van der Waals surface area contributed by atoms with Crippen molar-refractivity contribution >= 4 is 63.5 Å². The highest BCUT2D eigenvalue weighted by Gasteiger charge is 2.33. The lowest BCUT2D eigenvalue weighted by atomic mass is 10.1. The molecule has 2 aromatic heterocycles. The summed E-state index contributed by atoms with van der Waals surface area (Å²) >= 11 is 8.64. The summed E-state index contributed by atoms with van der Waals surface area (Å²) in [7, 11) is 0. The van der Waals surface area contributed by atoms with Gasteiger partial charge in [-0.1, -0.05) is 43.9 Å². The van der Waals surface area contributed by atoms with Crippen LogP contribution in [-0.4, -0.2) is 55.7 Å². The number of nitrogens with zero attached hydrogens (tertiary/aromatic N) is 4. The Labute approximate surface area is 196 Å². The molecule has 2 aliphatic rings. The fraction of sp³-hybridized carbons (Fsp3) is 0.455. The molecule has 0 radical (unpaired) electrons. The highest BCUT2D eigenvalue weighted by atomic mass is 32.2. The Morgan fingerprint density at radius 3 is 2.71 bits per heavy atom. The van der Waals surface area contributed by atoms with E-state index in [4.69, 9.17) is 17.2 Å². The van der Waals surface area contributed by atoms with Gasteiger partial charge in [-0.3, -0.25) is 18.9 Å². The summed E-state index contributed by atoms with van der Waals surface area (Å²) in [4.78, 5) is 35.7. The van der Waals surface area contributed by atoms with Gasteiger partial charge in [0.05, 0.1) is 10.5 Å². The number of fused-ring (bicyclic) bond motifs is 1. The molecule has 0 N–H and O–H groups in total. The standard InChI is InChI=1S/C22H26N4O2S3/c1-14(2)6-8-26-21(28)17(31-22(26)29)13-16-19(24-9-11-30-12-10-24)23-18-15(3)5-4-7-25(18)20(16)27/h4-5,7,13-14H,6,8-12H2,1-3H3/b17-13+. The molecule has 164 valence electrons. The number of rotatable bonds is 5. The van der Waals surface area contributed by atoms with Gasteiger partial charge in [-0.15, -0.1) is 0 Å². The molecule has 0 aromatic carbocycles. The Kier molecular flexibility index (Phi) is 6.74. The Balaban J connectivity index is 1.81. The molecular formula is C22H26N4O2S3. The maximum atomic E-state index is 13.5. The lowest BCUT2D eigenvalue weighted by molar-refractivity contribution is -0.122. The van der Waals surface area contributed by atoms with E-state index in [2.05, 4.69) is 18.7 Å². The molecule has 0 spiro atoms. The normalized spacial score (nSPS) is 18.8. The molecule has 4 heterocycles. The van der Waals surface area contributed by atoms with Gasteiger partial charge in [-0.05, 0) is 37.0 Å². The van der Waals surface area contributed by atoms with Crippen molar-refractivity contribution in [1.82, 2.24) is 14.3 Å². The highest BCUT2D eigenvalue weighted by molar-refractivity contribution is 8.26. The largest absolute Gasteiger partial charge is 0.354 e. The van der Waals surface area contributed by atoms with Gasteiger partial charge in [0.1, 0.15) is 15.8 Å². The first-order chi connectivity index (χ1) is 14.9.